The molecule has 8 heteroatoms. The molecule has 1 unspecified atom stereocenters. The fraction of sp³-hybridized carbons (Fsp3) is 0.750. The second kappa shape index (κ2) is 9.05. The number of carbonyl (C=O) groups excluding carboxylic acids is 2. The largest absolute Gasteiger partial charge is 0.365 e. The van der Waals surface area contributed by atoms with Gasteiger partial charge in [-0.15, -0.1) is 0 Å². The zero-order valence-corrected chi connectivity index (χ0v) is 16.4. The Morgan fingerprint density at radius 3 is 2.71 bits per heavy atom. The van der Waals surface area contributed by atoms with Gasteiger partial charge in [0, 0.05) is 38.1 Å². The lowest BCUT2D eigenvalue weighted by atomic mass is 9.95. The van der Waals surface area contributed by atoms with Crippen molar-refractivity contribution < 1.29 is 14.3 Å². The highest BCUT2D eigenvalue weighted by Crippen LogP contribution is 2.31. The van der Waals surface area contributed by atoms with Crippen LogP contribution in [-0.2, 0) is 20.7 Å². The van der Waals surface area contributed by atoms with Crippen LogP contribution in [0.1, 0.15) is 31.4 Å². The van der Waals surface area contributed by atoms with Crippen molar-refractivity contribution in [3.8, 4) is 0 Å². The number of nitrogens with one attached hydrogen (secondary N) is 2. The Kier molecular flexibility index (Phi) is 6.26. The van der Waals surface area contributed by atoms with Crippen molar-refractivity contribution in [1.82, 2.24) is 25.3 Å². The molecule has 1 aliphatic carbocycles. The molecule has 2 saturated heterocycles. The number of aromatic nitrogens is 2. The van der Waals surface area contributed by atoms with E-state index in [1.54, 1.807) is 12.3 Å². The number of piperidine rings is 1. The van der Waals surface area contributed by atoms with E-state index in [1.165, 1.54) is 32.2 Å². The fourth-order valence-corrected chi connectivity index (χ4v) is 4.16. The first kappa shape index (κ1) is 19.4. The predicted molar refractivity (Wildman–Crippen MR) is 104 cm³/mol. The summed E-state index contributed by atoms with van der Waals surface area (Å²) in [5, 5.41) is 9.53. The van der Waals surface area contributed by atoms with Crippen LogP contribution in [-0.4, -0.2) is 83.8 Å². The van der Waals surface area contributed by atoms with Crippen LogP contribution in [0, 0.1) is 11.8 Å². The Morgan fingerprint density at radius 2 is 2.00 bits per heavy atom. The van der Waals surface area contributed by atoms with Crippen molar-refractivity contribution in [2.45, 2.75) is 38.2 Å². The van der Waals surface area contributed by atoms with Gasteiger partial charge in [-0.1, -0.05) is 0 Å². The summed E-state index contributed by atoms with van der Waals surface area (Å²) in [7, 11) is 0. The maximum absolute atomic E-state index is 12.3. The molecule has 1 saturated carbocycles. The lowest BCUT2D eigenvalue weighted by Gasteiger charge is -2.38. The SMILES string of the molecule is O=C(Cc1ccn[nH]1)NCC1CN(CC2CCN(CC3CC3)CC2)C(=O)CO1. The van der Waals surface area contributed by atoms with Gasteiger partial charge in [-0.05, 0) is 56.7 Å². The molecule has 8 nitrogen and oxygen atoms in total. The van der Waals surface area contributed by atoms with Crippen LogP contribution < -0.4 is 5.32 Å². The van der Waals surface area contributed by atoms with E-state index in [0.29, 0.717) is 19.0 Å². The van der Waals surface area contributed by atoms with E-state index < -0.39 is 0 Å². The number of carbonyl (C=O) groups is 2. The quantitative estimate of drug-likeness (QED) is 0.672. The molecule has 3 heterocycles. The molecule has 0 spiro atoms. The summed E-state index contributed by atoms with van der Waals surface area (Å²) >= 11 is 0. The molecule has 154 valence electrons. The average Bonchev–Trinajstić information content (AvgIpc) is 3.36. The highest BCUT2D eigenvalue weighted by Gasteiger charge is 2.31. The molecule has 2 aliphatic heterocycles. The van der Waals surface area contributed by atoms with Gasteiger partial charge in [0.15, 0.2) is 0 Å². The Bertz CT molecular complexity index is 653. The topological polar surface area (TPSA) is 90.6 Å². The molecule has 1 aromatic heterocycles. The molecule has 0 aromatic carbocycles. The Morgan fingerprint density at radius 1 is 1.21 bits per heavy atom. The van der Waals surface area contributed by atoms with Crippen LogP contribution in [0.15, 0.2) is 12.3 Å². The summed E-state index contributed by atoms with van der Waals surface area (Å²) < 4.78 is 5.63. The van der Waals surface area contributed by atoms with Crippen LogP contribution in [0.2, 0.25) is 0 Å². The smallest absolute Gasteiger partial charge is 0.248 e. The van der Waals surface area contributed by atoms with Gasteiger partial charge in [0.05, 0.1) is 12.5 Å². The van der Waals surface area contributed by atoms with Gasteiger partial charge in [-0.2, -0.15) is 5.10 Å². The van der Waals surface area contributed by atoms with Crippen LogP contribution in [0.3, 0.4) is 0 Å². The summed E-state index contributed by atoms with van der Waals surface area (Å²) in [6.45, 7) is 5.50. The normalized spacial score (nSPS) is 24.5. The minimum absolute atomic E-state index is 0.0699. The van der Waals surface area contributed by atoms with E-state index in [2.05, 4.69) is 20.4 Å². The van der Waals surface area contributed by atoms with Gasteiger partial charge in [0.25, 0.3) is 0 Å². The zero-order chi connectivity index (χ0) is 19.3. The molecule has 4 rings (SSSR count). The van der Waals surface area contributed by atoms with Gasteiger partial charge in [-0.3, -0.25) is 14.7 Å². The van der Waals surface area contributed by atoms with Crippen molar-refractivity contribution in [2.24, 2.45) is 11.8 Å². The Balaban J connectivity index is 1.18. The van der Waals surface area contributed by atoms with E-state index in [1.807, 2.05) is 4.90 Å². The summed E-state index contributed by atoms with van der Waals surface area (Å²) in [6.07, 6.45) is 6.91. The number of H-pyrrole nitrogens is 1. The molecular formula is C20H31N5O3. The third-order valence-electron chi connectivity index (χ3n) is 6.05. The van der Waals surface area contributed by atoms with Gasteiger partial charge in [-0.25, -0.2) is 0 Å². The number of rotatable bonds is 8. The van der Waals surface area contributed by atoms with Crippen molar-refractivity contribution in [3.05, 3.63) is 18.0 Å². The number of hydrogen-bond donors (Lipinski definition) is 2. The molecule has 1 aromatic rings. The standard InChI is InChI=1S/C20H31N5O3/c26-19(9-17-3-6-22-23-17)21-10-18-13-25(20(27)14-28-18)12-16-4-7-24(8-5-16)11-15-1-2-15/h3,6,15-16,18H,1-2,4-5,7-14H2,(H,21,26)(H,22,23). The van der Waals surface area contributed by atoms with Gasteiger partial charge in [0.2, 0.25) is 11.8 Å². The van der Waals surface area contributed by atoms with Crippen LogP contribution in [0.4, 0.5) is 0 Å². The molecule has 0 bridgehead atoms. The molecule has 2 N–H and O–H groups in total. The van der Waals surface area contributed by atoms with Gasteiger partial charge >= 0.3 is 0 Å². The average molecular weight is 390 g/mol. The third-order valence-corrected chi connectivity index (χ3v) is 6.05. The lowest BCUT2D eigenvalue weighted by molar-refractivity contribution is -0.150. The molecular weight excluding hydrogens is 358 g/mol. The van der Waals surface area contributed by atoms with Crippen LogP contribution >= 0.6 is 0 Å². The minimum Gasteiger partial charge on any atom is -0.365 e. The minimum atomic E-state index is -0.140. The first-order valence-corrected chi connectivity index (χ1v) is 10.5. The summed E-state index contributed by atoms with van der Waals surface area (Å²) in [5.74, 6) is 1.52. The summed E-state index contributed by atoms with van der Waals surface area (Å²) in [6, 6.07) is 1.78. The fourth-order valence-electron chi connectivity index (χ4n) is 4.16. The molecule has 1 atom stereocenters. The Labute approximate surface area is 166 Å². The lowest BCUT2D eigenvalue weighted by Crippen LogP contribution is -2.52. The van der Waals surface area contributed by atoms with Crippen molar-refractivity contribution in [3.63, 3.8) is 0 Å². The number of likely N-dealkylation sites (tertiary alicyclic amines) is 1. The third kappa shape index (κ3) is 5.54. The maximum Gasteiger partial charge on any atom is 0.248 e. The van der Waals surface area contributed by atoms with Crippen LogP contribution in [0.5, 0.6) is 0 Å². The number of hydrogen-bond acceptors (Lipinski definition) is 5. The van der Waals surface area contributed by atoms with Gasteiger partial charge in [0.1, 0.15) is 6.61 Å². The van der Waals surface area contributed by atoms with E-state index in [0.717, 1.165) is 31.2 Å². The molecule has 0 radical (unpaired) electrons. The zero-order valence-electron chi connectivity index (χ0n) is 16.4. The monoisotopic (exact) mass is 389 g/mol. The highest BCUT2D eigenvalue weighted by molar-refractivity contribution is 5.79. The number of amides is 2. The first-order chi connectivity index (χ1) is 13.7. The number of aromatic amines is 1. The summed E-state index contributed by atoms with van der Waals surface area (Å²) in [5.41, 5.74) is 0.784. The second-order valence-corrected chi connectivity index (χ2v) is 8.48. The molecule has 3 fully saturated rings. The predicted octanol–water partition coefficient (Wildman–Crippen LogP) is 0.418. The van der Waals surface area contributed by atoms with Gasteiger partial charge < -0.3 is 19.9 Å². The second-order valence-electron chi connectivity index (χ2n) is 8.48. The number of morpholine rings is 1. The molecule has 2 amide bonds. The number of ether oxygens (including phenoxy) is 1. The van der Waals surface area contributed by atoms with Crippen molar-refractivity contribution >= 4 is 11.8 Å². The van der Waals surface area contributed by atoms with E-state index in [9.17, 15) is 9.59 Å². The van der Waals surface area contributed by atoms with E-state index >= 15 is 0 Å². The Hall–Kier alpha value is -1.93. The molecule has 28 heavy (non-hydrogen) atoms. The highest BCUT2D eigenvalue weighted by atomic mass is 16.5. The molecule has 3 aliphatic rings. The first-order valence-electron chi connectivity index (χ1n) is 10.5. The van der Waals surface area contributed by atoms with E-state index in [4.69, 9.17) is 4.74 Å². The maximum atomic E-state index is 12.3. The van der Waals surface area contributed by atoms with E-state index in [-0.39, 0.29) is 30.9 Å². The number of nitrogens with zero attached hydrogens (tertiary/aromatic N) is 3. The van der Waals surface area contributed by atoms with Crippen molar-refractivity contribution in [1.29, 1.82) is 0 Å². The summed E-state index contributed by atoms with van der Waals surface area (Å²) in [4.78, 5) is 28.8. The van der Waals surface area contributed by atoms with Crippen molar-refractivity contribution in [2.75, 3.05) is 45.9 Å². The van der Waals surface area contributed by atoms with Crippen LogP contribution in [0.25, 0.3) is 0 Å².